The van der Waals surface area contributed by atoms with Gasteiger partial charge in [0.05, 0.1) is 19.4 Å². The van der Waals surface area contributed by atoms with Crippen molar-refractivity contribution in [3.63, 3.8) is 0 Å². The predicted molar refractivity (Wildman–Crippen MR) is 105 cm³/mol. The molecule has 0 bridgehead atoms. The number of unbranched alkanes of at least 4 members (excludes halogenated alkanes) is 5. The average molecular weight is 369 g/mol. The third kappa shape index (κ3) is 10.2. The van der Waals surface area contributed by atoms with E-state index in [9.17, 15) is 9.59 Å². The zero-order valence-corrected chi connectivity index (χ0v) is 17.5. The standard InChI is InChI=1S/C22H40O4/c1-5-6-7-8-9-10-17-25-20(23)15-16-21(24)26-19-13-11-18(12-14-19)22(2,3)4/h18-19H,5-17H2,1-4H3. The Balaban J connectivity index is 2.05. The average Bonchev–Trinajstić information content (AvgIpc) is 2.59. The van der Waals surface area contributed by atoms with Gasteiger partial charge >= 0.3 is 11.9 Å². The maximum Gasteiger partial charge on any atom is 0.306 e. The van der Waals surface area contributed by atoms with Crippen molar-refractivity contribution in [3.8, 4) is 0 Å². The van der Waals surface area contributed by atoms with Crippen LogP contribution in [0.5, 0.6) is 0 Å². The highest BCUT2D eigenvalue weighted by Crippen LogP contribution is 2.38. The molecule has 1 rings (SSSR count). The molecule has 1 aliphatic rings. The molecular formula is C22H40O4. The molecule has 0 atom stereocenters. The Labute approximate surface area is 160 Å². The Morgan fingerprint density at radius 3 is 2.04 bits per heavy atom. The maximum absolute atomic E-state index is 11.9. The predicted octanol–water partition coefficient (Wildman–Crippen LogP) is 5.82. The second-order valence-corrected chi connectivity index (χ2v) is 8.82. The Kier molecular flexibility index (Phi) is 10.9. The fraction of sp³-hybridized carbons (Fsp3) is 0.909. The molecule has 0 aromatic carbocycles. The molecule has 0 saturated heterocycles. The lowest BCUT2D eigenvalue weighted by Crippen LogP contribution is -2.30. The van der Waals surface area contributed by atoms with Gasteiger partial charge in [-0.05, 0) is 43.4 Å². The first-order valence-electron chi connectivity index (χ1n) is 10.7. The molecule has 0 aromatic rings. The first-order chi connectivity index (χ1) is 12.3. The van der Waals surface area contributed by atoms with Crippen LogP contribution in [0.25, 0.3) is 0 Å². The summed E-state index contributed by atoms with van der Waals surface area (Å²) in [6, 6.07) is 0. The molecular weight excluding hydrogens is 328 g/mol. The van der Waals surface area contributed by atoms with Crippen molar-refractivity contribution in [1.82, 2.24) is 0 Å². The molecule has 1 fully saturated rings. The van der Waals surface area contributed by atoms with E-state index in [0.29, 0.717) is 17.9 Å². The number of carbonyl (C=O) groups excluding carboxylic acids is 2. The monoisotopic (exact) mass is 368 g/mol. The third-order valence-electron chi connectivity index (χ3n) is 5.49. The van der Waals surface area contributed by atoms with Crippen LogP contribution in [0.4, 0.5) is 0 Å². The van der Waals surface area contributed by atoms with Crippen LogP contribution in [0.3, 0.4) is 0 Å². The number of hydrogen-bond acceptors (Lipinski definition) is 4. The second-order valence-electron chi connectivity index (χ2n) is 8.82. The van der Waals surface area contributed by atoms with Crippen LogP contribution < -0.4 is 0 Å². The first kappa shape index (κ1) is 23.0. The van der Waals surface area contributed by atoms with Crippen molar-refractivity contribution in [3.05, 3.63) is 0 Å². The normalized spacial score (nSPS) is 20.6. The van der Waals surface area contributed by atoms with E-state index >= 15 is 0 Å². The van der Waals surface area contributed by atoms with Gasteiger partial charge in [-0.15, -0.1) is 0 Å². The first-order valence-corrected chi connectivity index (χ1v) is 10.7. The molecule has 0 aromatic heterocycles. The molecule has 1 aliphatic carbocycles. The summed E-state index contributed by atoms with van der Waals surface area (Å²) in [6.45, 7) is 9.50. The third-order valence-corrected chi connectivity index (χ3v) is 5.49. The minimum atomic E-state index is -0.285. The van der Waals surface area contributed by atoms with E-state index < -0.39 is 0 Å². The number of ether oxygens (including phenoxy) is 2. The molecule has 0 heterocycles. The highest BCUT2D eigenvalue weighted by molar-refractivity contribution is 5.77. The van der Waals surface area contributed by atoms with Crippen molar-refractivity contribution in [2.24, 2.45) is 11.3 Å². The van der Waals surface area contributed by atoms with Gasteiger partial charge in [0.25, 0.3) is 0 Å². The number of carbonyl (C=O) groups is 2. The summed E-state index contributed by atoms with van der Waals surface area (Å²) in [5.74, 6) is 0.155. The van der Waals surface area contributed by atoms with E-state index in [1.807, 2.05) is 0 Å². The Morgan fingerprint density at radius 2 is 1.42 bits per heavy atom. The zero-order chi connectivity index (χ0) is 19.4. The molecule has 0 spiro atoms. The number of rotatable bonds is 11. The van der Waals surface area contributed by atoms with Crippen LogP contribution in [-0.4, -0.2) is 24.6 Å². The van der Waals surface area contributed by atoms with E-state index in [1.165, 1.54) is 25.7 Å². The van der Waals surface area contributed by atoms with Crippen LogP contribution in [0, 0.1) is 11.3 Å². The second kappa shape index (κ2) is 12.3. The Morgan fingerprint density at radius 1 is 0.846 bits per heavy atom. The van der Waals surface area contributed by atoms with Crippen molar-refractivity contribution >= 4 is 11.9 Å². The summed E-state index contributed by atoms with van der Waals surface area (Å²) in [5.41, 5.74) is 0.328. The summed E-state index contributed by atoms with van der Waals surface area (Å²) < 4.78 is 10.7. The van der Waals surface area contributed by atoms with Gasteiger partial charge in [-0.3, -0.25) is 9.59 Å². The van der Waals surface area contributed by atoms with Crippen molar-refractivity contribution in [2.45, 2.75) is 111 Å². The molecule has 1 saturated carbocycles. The van der Waals surface area contributed by atoms with Gasteiger partial charge in [-0.25, -0.2) is 0 Å². The summed E-state index contributed by atoms with van der Waals surface area (Å²) in [4.78, 5) is 23.6. The lowest BCUT2D eigenvalue weighted by molar-refractivity contribution is -0.155. The smallest absolute Gasteiger partial charge is 0.306 e. The summed E-state index contributed by atoms with van der Waals surface area (Å²) in [7, 11) is 0. The number of esters is 2. The van der Waals surface area contributed by atoms with Crippen molar-refractivity contribution in [1.29, 1.82) is 0 Å². The summed E-state index contributed by atoms with van der Waals surface area (Å²) in [5, 5.41) is 0. The zero-order valence-electron chi connectivity index (χ0n) is 17.5. The van der Waals surface area contributed by atoms with Gasteiger partial charge < -0.3 is 9.47 Å². The highest BCUT2D eigenvalue weighted by Gasteiger charge is 2.31. The molecule has 0 amide bonds. The Bertz CT molecular complexity index is 403. The van der Waals surface area contributed by atoms with Gasteiger partial charge in [0.2, 0.25) is 0 Å². The van der Waals surface area contributed by atoms with E-state index in [4.69, 9.17) is 9.47 Å². The quantitative estimate of drug-likeness (QED) is 0.341. The van der Waals surface area contributed by atoms with E-state index in [-0.39, 0.29) is 30.9 Å². The van der Waals surface area contributed by atoms with Crippen LogP contribution >= 0.6 is 0 Å². The number of hydrogen-bond donors (Lipinski definition) is 0. The van der Waals surface area contributed by atoms with Crippen LogP contribution in [0.15, 0.2) is 0 Å². The molecule has 152 valence electrons. The minimum Gasteiger partial charge on any atom is -0.466 e. The summed E-state index contributed by atoms with van der Waals surface area (Å²) >= 11 is 0. The van der Waals surface area contributed by atoms with Gasteiger partial charge in [0.15, 0.2) is 0 Å². The molecule has 0 radical (unpaired) electrons. The van der Waals surface area contributed by atoms with Crippen LogP contribution in [-0.2, 0) is 19.1 Å². The lowest BCUT2D eigenvalue weighted by atomic mass is 9.72. The van der Waals surface area contributed by atoms with Crippen LogP contribution in [0.2, 0.25) is 0 Å². The SMILES string of the molecule is CCCCCCCCOC(=O)CCC(=O)OC1CCC(C(C)(C)C)CC1. The molecule has 26 heavy (non-hydrogen) atoms. The van der Waals surface area contributed by atoms with Crippen LogP contribution in [0.1, 0.15) is 105 Å². The highest BCUT2D eigenvalue weighted by atomic mass is 16.5. The fourth-order valence-corrected chi connectivity index (χ4v) is 3.64. The van der Waals surface area contributed by atoms with Crippen molar-refractivity contribution < 1.29 is 19.1 Å². The van der Waals surface area contributed by atoms with Gasteiger partial charge in [0, 0.05) is 0 Å². The molecule has 0 N–H and O–H groups in total. The largest absolute Gasteiger partial charge is 0.466 e. The Hall–Kier alpha value is -1.06. The van der Waals surface area contributed by atoms with E-state index in [0.717, 1.165) is 38.5 Å². The summed E-state index contributed by atoms with van der Waals surface area (Å²) in [6.07, 6.45) is 11.4. The van der Waals surface area contributed by atoms with Gasteiger partial charge in [-0.1, -0.05) is 59.8 Å². The van der Waals surface area contributed by atoms with E-state index in [1.54, 1.807) is 0 Å². The van der Waals surface area contributed by atoms with E-state index in [2.05, 4.69) is 27.7 Å². The lowest BCUT2D eigenvalue weighted by Gasteiger charge is -2.36. The molecule has 4 heteroatoms. The molecule has 0 unspecified atom stereocenters. The molecule has 0 aliphatic heterocycles. The topological polar surface area (TPSA) is 52.6 Å². The van der Waals surface area contributed by atoms with Gasteiger partial charge in [-0.2, -0.15) is 0 Å². The maximum atomic E-state index is 11.9. The fourth-order valence-electron chi connectivity index (χ4n) is 3.64. The van der Waals surface area contributed by atoms with Crippen molar-refractivity contribution in [2.75, 3.05) is 6.61 Å². The van der Waals surface area contributed by atoms with Gasteiger partial charge in [0.1, 0.15) is 6.10 Å². The molecule has 4 nitrogen and oxygen atoms in total. The minimum absolute atomic E-state index is 0.0280.